The van der Waals surface area contributed by atoms with Crippen LogP contribution in [-0.2, 0) is 16.4 Å². The first kappa shape index (κ1) is 20.2. The lowest BCUT2D eigenvalue weighted by Gasteiger charge is -2.36. The molecule has 10 heteroatoms. The Morgan fingerprint density at radius 3 is 2.61 bits per heavy atom. The number of nitrogens with zero attached hydrogens (tertiary/aromatic N) is 4. The normalized spacial score (nSPS) is 17.0. The van der Waals surface area contributed by atoms with Crippen LogP contribution in [0, 0.1) is 0 Å². The summed E-state index contributed by atoms with van der Waals surface area (Å²) in [7, 11) is -1.24. The molecule has 132 valence electrons. The van der Waals surface area contributed by atoms with Crippen molar-refractivity contribution in [2.75, 3.05) is 51.8 Å². The fraction of sp³-hybridized carbons (Fsp3) is 0.692. The second-order valence-electron chi connectivity index (χ2n) is 5.36. The van der Waals surface area contributed by atoms with E-state index in [4.69, 9.17) is 4.52 Å². The van der Waals surface area contributed by atoms with Crippen LogP contribution in [0.3, 0.4) is 0 Å². The molecule has 0 saturated carbocycles. The third kappa shape index (κ3) is 7.04. The van der Waals surface area contributed by atoms with Gasteiger partial charge in [0.25, 0.3) is 0 Å². The molecule has 0 bridgehead atoms. The Balaban J connectivity index is 0.00000264. The molecule has 0 radical (unpaired) electrons. The summed E-state index contributed by atoms with van der Waals surface area (Å²) in [5, 5.41) is 7.03. The number of aromatic nitrogens is 1. The zero-order valence-corrected chi connectivity index (χ0v) is 16.6. The molecule has 1 aliphatic heterocycles. The number of halogens is 1. The Hall–Kier alpha value is -0.880. The summed E-state index contributed by atoms with van der Waals surface area (Å²) in [4.78, 5) is 8.67. The maximum atomic E-state index is 11.2. The average molecular weight is 457 g/mol. The molecule has 1 aromatic rings. The van der Waals surface area contributed by atoms with E-state index < -0.39 is 9.84 Å². The SMILES string of the molecule is CN=C(NCCS(C)(=O)=O)N1CCN(Cc2ccon2)CC1.I. The lowest BCUT2D eigenvalue weighted by atomic mass is 10.3. The predicted octanol–water partition coefficient (Wildman–Crippen LogP) is 0.0302. The summed E-state index contributed by atoms with van der Waals surface area (Å²) in [6.45, 7) is 4.65. The lowest BCUT2D eigenvalue weighted by molar-refractivity contribution is 0.169. The topological polar surface area (TPSA) is 91.0 Å². The van der Waals surface area contributed by atoms with Crippen molar-refractivity contribution < 1.29 is 12.9 Å². The van der Waals surface area contributed by atoms with Crippen molar-refractivity contribution in [2.24, 2.45) is 4.99 Å². The highest BCUT2D eigenvalue weighted by Crippen LogP contribution is 2.07. The van der Waals surface area contributed by atoms with Gasteiger partial charge in [0, 0.05) is 58.6 Å². The second kappa shape index (κ2) is 9.42. The van der Waals surface area contributed by atoms with E-state index in [0.717, 1.165) is 44.4 Å². The van der Waals surface area contributed by atoms with Crippen LogP contribution in [-0.4, -0.2) is 81.1 Å². The minimum atomic E-state index is -2.96. The van der Waals surface area contributed by atoms with E-state index in [2.05, 4.69) is 25.3 Å². The Morgan fingerprint density at radius 1 is 1.39 bits per heavy atom. The van der Waals surface area contributed by atoms with Crippen LogP contribution in [0.15, 0.2) is 21.8 Å². The molecule has 0 amide bonds. The molecule has 0 aromatic carbocycles. The Bertz CT molecular complexity index is 583. The minimum Gasteiger partial charge on any atom is -0.364 e. The van der Waals surface area contributed by atoms with Crippen molar-refractivity contribution >= 4 is 39.8 Å². The van der Waals surface area contributed by atoms with Crippen LogP contribution in [0.4, 0.5) is 0 Å². The zero-order valence-electron chi connectivity index (χ0n) is 13.4. The monoisotopic (exact) mass is 457 g/mol. The first-order valence-electron chi connectivity index (χ1n) is 7.23. The van der Waals surface area contributed by atoms with Gasteiger partial charge in [-0.05, 0) is 0 Å². The molecule has 2 heterocycles. The van der Waals surface area contributed by atoms with Gasteiger partial charge in [0.15, 0.2) is 5.96 Å². The number of hydrogen-bond donors (Lipinski definition) is 1. The quantitative estimate of drug-likeness (QED) is 0.379. The lowest BCUT2D eigenvalue weighted by Crippen LogP contribution is -2.52. The van der Waals surface area contributed by atoms with Gasteiger partial charge in [-0.2, -0.15) is 0 Å². The average Bonchev–Trinajstić information content (AvgIpc) is 2.97. The Morgan fingerprint density at radius 2 is 2.09 bits per heavy atom. The van der Waals surface area contributed by atoms with Crippen molar-refractivity contribution in [2.45, 2.75) is 6.54 Å². The third-order valence-corrected chi connectivity index (χ3v) is 4.46. The van der Waals surface area contributed by atoms with Crippen LogP contribution in [0.5, 0.6) is 0 Å². The smallest absolute Gasteiger partial charge is 0.193 e. The van der Waals surface area contributed by atoms with Gasteiger partial charge in [0.2, 0.25) is 0 Å². The van der Waals surface area contributed by atoms with E-state index in [1.165, 1.54) is 6.26 Å². The number of hydrogen-bond acceptors (Lipinski definition) is 6. The van der Waals surface area contributed by atoms with Crippen molar-refractivity contribution in [1.82, 2.24) is 20.3 Å². The zero-order chi connectivity index (χ0) is 16.0. The maximum absolute atomic E-state index is 11.2. The molecule has 0 aliphatic carbocycles. The van der Waals surface area contributed by atoms with Gasteiger partial charge in [0.1, 0.15) is 16.1 Å². The van der Waals surface area contributed by atoms with Gasteiger partial charge in [-0.3, -0.25) is 9.89 Å². The van der Waals surface area contributed by atoms with Gasteiger partial charge >= 0.3 is 0 Å². The highest BCUT2D eigenvalue weighted by Gasteiger charge is 2.20. The summed E-state index contributed by atoms with van der Waals surface area (Å²) in [5.74, 6) is 0.864. The minimum absolute atomic E-state index is 0. The van der Waals surface area contributed by atoms with Gasteiger partial charge in [-0.15, -0.1) is 24.0 Å². The first-order valence-corrected chi connectivity index (χ1v) is 9.29. The Labute approximate surface area is 154 Å². The highest BCUT2D eigenvalue weighted by atomic mass is 127. The van der Waals surface area contributed by atoms with E-state index in [0.29, 0.717) is 6.54 Å². The van der Waals surface area contributed by atoms with Crippen LogP contribution in [0.2, 0.25) is 0 Å². The third-order valence-electron chi connectivity index (χ3n) is 3.52. The molecule has 0 unspecified atom stereocenters. The van der Waals surface area contributed by atoms with Crippen LogP contribution in [0.25, 0.3) is 0 Å². The van der Waals surface area contributed by atoms with Gasteiger partial charge in [0.05, 0.1) is 11.4 Å². The molecule has 1 aliphatic rings. The van der Waals surface area contributed by atoms with E-state index in [9.17, 15) is 8.42 Å². The molecule has 0 spiro atoms. The summed E-state index contributed by atoms with van der Waals surface area (Å²) in [5.41, 5.74) is 0.934. The molecule has 8 nitrogen and oxygen atoms in total. The van der Waals surface area contributed by atoms with E-state index >= 15 is 0 Å². The number of rotatable bonds is 5. The fourth-order valence-corrected chi connectivity index (χ4v) is 2.82. The fourth-order valence-electron chi connectivity index (χ4n) is 2.35. The van der Waals surface area contributed by atoms with Gasteiger partial charge in [-0.25, -0.2) is 8.42 Å². The molecule has 1 aromatic heterocycles. The molecule has 2 rings (SSSR count). The number of nitrogens with one attached hydrogen (secondary N) is 1. The standard InChI is InChI=1S/C13H23N5O3S.HI/c1-14-13(15-4-10-22(2,19)20)18-7-5-17(6-8-18)11-12-3-9-21-16-12;/h3,9H,4-8,10-11H2,1-2H3,(H,14,15);1H. The van der Waals surface area contributed by atoms with Crippen LogP contribution >= 0.6 is 24.0 Å². The van der Waals surface area contributed by atoms with Crippen LogP contribution < -0.4 is 5.32 Å². The van der Waals surface area contributed by atoms with E-state index in [1.54, 1.807) is 13.3 Å². The highest BCUT2D eigenvalue weighted by molar-refractivity contribution is 14.0. The summed E-state index contributed by atoms with van der Waals surface area (Å²) < 4.78 is 27.2. The van der Waals surface area contributed by atoms with E-state index in [-0.39, 0.29) is 29.7 Å². The number of guanidine groups is 1. The molecule has 23 heavy (non-hydrogen) atoms. The summed E-state index contributed by atoms with van der Waals surface area (Å²) in [6.07, 6.45) is 2.82. The first-order chi connectivity index (χ1) is 10.5. The molecule has 0 atom stereocenters. The van der Waals surface area contributed by atoms with Crippen molar-refractivity contribution in [1.29, 1.82) is 0 Å². The van der Waals surface area contributed by atoms with Crippen molar-refractivity contribution in [3.8, 4) is 0 Å². The Kier molecular flexibility index (Phi) is 8.26. The molecule has 1 saturated heterocycles. The molecule has 1 N–H and O–H groups in total. The van der Waals surface area contributed by atoms with Gasteiger partial charge < -0.3 is 14.7 Å². The number of aliphatic imine (C=N–C) groups is 1. The predicted molar refractivity (Wildman–Crippen MR) is 99.8 cm³/mol. The number of piperazine rings is 1. The number of sulfone groups is 1. The molecular weight excluding hydrogens is 433 g/mol. The largest absolute Gasteiger partial charge is 0.364 e. The molecular formula is C13H24IN5O3S. The summed E-state index contributed by atoms with van der Waals surface area (Å²) in [6, 6.07) is 1.87. The van der Waals surface area contributed by atoms with Crippen LogP contribution in [0.1, 0.15) is 5.69 Å². The van der Waals surface area contributed by atoms with Crippen molar-refractivity contribution in [3.05, 3.63) is 18.0 Å². The molecule has 1 fully saturated rings. The maximum Gasteiger partial charge on any atom is 0.193 e. The van der Waals surface area contributed by atoms with E-state index in [1.807, 2.05) is 6.07 Å². The summed E-state index contributed by atoms with van der Waals surface area (Å²) >= 11 is 0. The van der Waals surface area contributed by atoms with Crippen molar-refractivity contribution in [3.63, 3.8) is 0 Å². The van der Waals surface area contributed by atoms with Gasteiger partial charge in [-0.1, -0.05) is 5.16 Å². The second-order valence-corrected chi connectivity index (χ2v) is 7.62.